The number of morpholine rings is 1. The monoisotopic (exact) mass is 296 g/mol. The van der Waals surface area contributed by atoms with Gasteiger partial charge in [-0.25, -0.2) is 13.2 Å². The smallest absolute Gasteiger partial charge is 0.335 e. The molecule has 8 heteroatoms. The van der Waals surface area contributed by atoms with Crippen molar-refractivity contribution in [1.82, 2.24) is 4.31 Å². The molecule has 0 spiro atoms. The van der Waals surface area contributed by atoms with Crippen LogP contribution in [0.4, 0.5) is 0 Å². The van der Waals surface area contributed by atoms with E-state index < -0.39 is 22.1 Å². The van der Waals surface area contributed by atoms with Crippen LogP contribution in [0.5, 0.6) is 0 Å². The van der Waals surface area contributed by atoms with Crippen LogP contribution < -0.4 is 0 Å². The summed E-state index contributed by atoms with van der Waals surface area (Å²) in [6.07, 6.45) is -0.781. The maximum Gasteiger partial charge on any atom is 0.335 e. The highest BCUT2D eigenvalue weighted by Gasteiger charge is 2.30. The normalized spacial score (nSPS) is 20.2. The number of benzene rings is 1. The van der Waals surface area contributed by atoms with Gasteiger partial charge in [-0.1, -0.05) is 0 Å². The molecule has 20 heavy (non-hydrogen) atoms. The van der Waals surface area contributed by atoms with Crippen molar-refractivity contribution >= 4 is 16.0 Å². The Labute approximate surface area is 116 Å². The third-order valence-electron chi connectivity index (χ3n) is 2.91. The van der Waals surface area contributed by atoms with E-state index in [0.29, 0.717) is 0 Å². The van der Waals surface area contributed by atoms with Crippen LogP contribution in [0.15, 0.2) is 29.2 Å². The predicted molar refractivity (Wildman–Crippen MR) is 67.5 cm³/mol. The summed E-state index contributed by atoms with van der Waals surface area (Å²) in [7, 11) is -3.74. The largest absolute Gasteiger partial charge is 0.478 e. The third kappa shape index (κ3) is 2.80. The topological polar surface area (TPSA) is 108 Å². The minimum Gasteiger partial charge on any atom is -0.478 e. The maximum atomic E-state index is 12.3. The maximum absolute atomic E-state index is 12.3. The Hall–Kier alpha value is -1.95. The number of sulfonamides is 1. The Morgan fingerprint density at radius 1 is 1.40 bits per heavy atom. The fourth-order valence-corrected chi connectivity index (χ4v) is 3.27. The van der Waals surface area contributed by atoms with Crippen molar-refractivity contribution in [3.63, 3.8) is 0 Å². The number of nitrogens with zero attached hydrogens (tertiary/aromatic N) is 2. The van der Waals surface area contributed by atoms with Gasteiger partial charge in [0, 0.05) is 6.54 Å². The molecule has 1 aromatic carbocycles. The van der Waals surface area contributed by atoms with Crippen LogP contribution in [0.1, 0.15) is 10.4 Å². The molecule has 1 aromatic rings. The van der Waals surface area contributed by atoms with Crippen molar-refractivity contribution in [2.24, 2.45) is 0 Å². The molecule has 0 amide bonds. The van der Waals surface area contributed by atoms with Gasteiger partial charge in [0.25, 0.3) is 0 Å². The third-order valence-corrected chi connectivity index (χ3v) is 4.79. The highest BCUT2D eigenvalue weighted by molar-refractivity contribution is 7.89. The van der Waals surface area contributed by atoms with E-state index in [1.165, 1.54) is 28.6 Å². The molecule has 0 aliphatic carbocycles. The first-order valence-electron chi connectivity index (χ1n) is 5.80. The summed E-state index contributed by atoms with van der Waals surface area (Å²) in [5.74, 6) is -1.12. The van der Waals surface area contributed by atoms with Crippen LogP contribution in [0.3, 0.4) is 0 Å². The summed E-state index contributed by atoms with van der Waals surface area (Å²) in [5.41, 5.74) is 0.0147. The van der Waals surface area contributed by atoms with E-state index >= 15 is 0 Å². The lowest BCUT2D eigenvalue weighted by Crippen LogP contribution is -2.44. The van der Waals surface area contributed by atoms with Crippen LogP contribution in [-0.2, 0) is 14.8 Å². The quantitative estimate of drug-likeness (QED) is 0.859. The van der Waals surface area contributed by atoms with Crippen LogP contribution >= 0.6 is 0 Å². The highest BCUT2D eigenvalue weighted by Crippen LogP contribution is 2.19. The van der Waals surface area contributed by atoms with E-state index in [0.717, 1.165) is 0 Å². The molecular formula is C12H12N2O5S. The van der Waals surface area contributed by atoms with Gasteiger partial charge in [-0.05, 0) is 24.3 Å². The van der Waals surface area contributed by atoms with E-state index in [-0.39, 0.29) is 30.2 Å². The highest BCUT2D eigenvalue weighted by atomic mass is 32.2. The summed E-state index contributed by atoms with van der Waals surface area (Å²) < 4.78 is 30.9. The second-order valence-corrected chi connectivity index (χ2v) is 6.12. The average molecular weight is 296 g/mol. The molecule has 1 N–H and O–H groups in total. The lowest BCUT2D eigenvalue weighted by atomic mass is 10.2. The molecule has 1 unspecified atom stereocenters. The van der Waals surface area contributed by atoms with Gasteiger partial charge in [0.15, 0.2) is 6.10 Å². The van der Waals surface area contributed by atoms with Crippen LogP contribution in [-0.4, -0.2) is 49.6 Å². The molecule has 106 valence electrons. The van der Waals surface area contributed by atoms with E-state index in [1.54, 1.807) is 0 Å². The fourth-order valence-electron chi connectivity index (χ4n) is 1.84. The van der Waals surface area contributed by atoms with Crippen molar-refractivity contribution in [3.05, 3.63) is 29.8 Å². The van der Waals surface area contributed by atoms with E-state index in [1.807, 2.05) is 6.07 Å². The molecule has 2 rings (SSSR count). The van der Waals surface area contributed by atoms with E-state index in [9.17, 15) is 13.2 Å². The Bertz CT molecular complexity index is 647. The number of ether oxygens (including phenoxy) is 1. The van der Waals surface area contributed by atoms with Gasteiger partial charge >= 0.3 is 5.97 Å². The zero-order chi connectivity index (χ0) is 14.8. The Balaban J connectivity index is 2.26. The molecular weight excluding hydrogens is 284 g/mol. The molecule has 1 saturated heterocycles. The zero-order valence-electron chi connectivity index (χ0n) is 10.4. The molecule has 1 heterocycles. The first kappa shape index (κ1) is 14.5. The number of nitriles is 1. The molecule has 1 atom stereocenters. The summed E-state index contributed by atoms with van der Waals surface area (Å²) in [6.45, 7) is 0.297. The molecule has 0 aromatic heterocycles. The SMILES string of the molecule is N#CC1CN(S(=O)(=O)c2ccc(C(=O)O)cc2)CCO1. The van der Waals surface area contributed by atoms with Gasteiger partial charge in [-0.15, -0.1) is 0 Å². The number of hydrogen-bond acceptors (Lipinski definition) is 5. The second kappa shape index (κ2) is 5.58. The standard InChI is InChI=1S/C12H12N2O5S/c13-7-10-8-14(5-6-19-10)20(17,18)11-3-1-9(2-4-11)12(15)16/h1-4,10H,5-6,8H2,(H,15,16). The number of rotatable bonds is 3. The summed E-state index contributed by atoms with van der Waals surface area (Å²) in [6, 6.07) is 6.83. The number of hydrogen-bond donors (Lipinski definition) is 1. The minimum atomic E-state index is -3.74. The van der Waals surface area contributed by atoms with Crippen molar-refractivity contribution < 1.29 is 23.1 Å². The minimum absolute atomic E-state index is 0.00101. The van der Waals surface area contributed by atoms with Gasteiger partial charge < -0.3 is 9.84 Å². The molecule has 0 saturated carbocycles. The molecule has 0 bridgehead atoms. The van der Waals surface area contributed by atoms with Crippen molar-refractivity contribution in [1.29, 1.82) is 5.26 Å². The van der Waals surface area contributed by atoms with E-state index in [2.05, 4.69) is 0 Å². The number of carbonyl (C=O) groups is 1. The van der Waals surface area contributed by atoms with Crippen LogP contribution in [0.25, 0.3) is 0 Å². The average Bonchev–Trinajstić information content (AvgIpc) is 2.47. The van der Waals surface area contributed by atoms with Gasteiger partial charge in [-0.3, -0.25) is 0 Å². The van der Waals surface area contributed by atoms with Crippen LogP contribution in [0, 0.1) is 11.3 Å². The number of carboxylic acid groups (broad SMARTS) is 1. The fraction of sp³-hybridized carbons (Fsp3) is 0.333. The second-order valence-electron chi connectivity index (χ2n) is 4.18. The lowest BCUT2D eigenvalue weighted by molar-refractivity contribution is 0.0311. The summed E-state index contributed by atoms with van der Waals surface area (Å²) >= 11 is 0. The Kier molecular flexibility index (Phi) is 4.04. The van der Waals surface area contributed by atoms with Gasteiger partial charge in [-0.2, -0.15) is 9.57 Å². The summed E-state index contributed by atoms with van der Waals surface area (Å²) in [4.78, 5) is 10.7. The van der Waals surface area contributed by atoms with Crippen molar-refractivity contribution in [2.45, 2.75) is 11.0 Å². The van der Waals surface area contributed by atoms with Crippen LogP contribution in [0.2, 0.25) is 0 Å². The molecule has 7 nitrogen and oxygen atoms in total. The molecule has 1 aliphatic heterocycles. The number of aromatic carboxylic acids is 1. The van der Waals surface area contributed by atoms with Crippen molar-refractivity contribution in [2.75, 3.05) is 19.7 Å². The zero-order valence-corrected chi connectivity index (χ0v) is 11.2. The van der Waals surface area contributed by atoms with Gasteiger partial charge in [0.1, 0.15) is 0 Å². The molecule has 1 aliphatic rings. The molecule has 1 fully saturated rings. The van der Waals surface area contributed by atoms with Gasteiger partial charge in [0.05, 0.1) is 29.7 Å². The Morgan fingerprint density at radius 2 is 2.05 bits per heavy atom. The van der Waals surface area contributed by atoms with Gasteiger partial charge in [0.2, 0.25) is 10.0 Å². The van der Waals surface area contributed by atoms with E-state index in [4.69, 9.17) is 15.1 Å². The number of carboxylic acids is 1. The predicted octanol–water partition coefficient (Wildman–Crippen LogP) is 0.298. The first-order chi connectivity index (χ1) is 9.45. The van der Waals surface area contributed by atoms with Crippen molar-refractivity contribution in [3.8, 4) is 6.07 Å². The molecule has 0 radical (unpaired) electrons. The Morgan fingerprint density at radius 3 is 2.60 bits per heavy atom. The lowest BCUT2D eigenvalue weighted by Gasteiger charge is -2.28. The first-order valence-corrected chi connectivity index (χ1v) is 7.24. The summed E-state index contributed by atoms with van der Waals surface area (Å²) in [5, 5.41) is 17.6.